The molecule has 2 rings (SSSR count). The summed E-state index contributed by atoms with van der Waals surface area (Å²) in [7, 11) is 2.23. The van der Waals surface area contributed by atoms with Crippen molar-refractivity contribution in [2.45, 2.75) is 44.7 Å². The van der Waals surface area contributed by atoms with Crippen LogP contribution in [-0.4, -0.2) is 48.0 Å². The molecule has 0 aromatic rings. The molecule has 2 atom stereocenters. The number of hydrogen-bond donors (Lipinski definition) is 1. The Morgan fingerprint density at radius 3 is 3.06 bits per heavy atom. The predicted octanol–water partition coefficient (Wildman–Crippen LogP) is 1.94. The first-order valence-electron chi connectivity index (χ1n) is 6.43. The van der Waals surface area contributed by atoms with Gasteiger partial charge in [-0.05, 0) is 32.9 Å². The third kappa shape index (κ3) is 3.14. The van der Waals surface area contributed by atoms with Gasteiger partial charge in [0.05, 0.1) is 6.54 Å². The third-order valence-corrected chi connectivity index (χ3v) is 4.70. The van der Waals surface area contributed by atoms with Crippen molar-refractivity contribution in [1.29, 1.82) is 0 Å². The van der Waals surface area contributed by atoms with E-state index in [9.17, 15) is 0 Å². The maximum atomic E-state index is 4.72. The predicted molar refractivity (Wildman–Crippen MR) is 72.2 cm³/mol. The fourth-order valence-electron chi connectivity index (χ4n) is 2.31. The quantitative estimate of drug-likeness (QED) is 0.818. The van der Waals surface area contributed by atoms with Crippen LogP contribution in [0.15, 0.2) is 4.99 Å². The van der Waals surface area contributed by atoms with Gasteiger partial charge in [0.15, 0.2) is 5.17 Å². The Labute approximate surface area is 103 Å². The largest absolute Gasteiger partial charge is 0.361 e. The van der Waals surface area contributed by atoms with E-state index >= 15 is 0 Å². The second-order valence-electron chi connectivity index (χ2n) is 4.84. The summed E-state index contributed by atoms with van der Waals surface area (Å²) in [6.07, 6.45) is 5.25. The summed E-state index contributed by atoms with van der Waals surface area (Å²) in [6, 6.07) is 1.32. The van der Waals surface area contributed by atoms with Crippen LogP contribution in [0.25, 0.3) is 0 Å². The van der Waals surface area contributed by atoms with Crippen LogP contribution in [-0.2, 0) is 0 Å². The number of piperidine rings is 1. The van der Waals surface area contributed by atoms with E-state index in [1.54, 1.807) is 0 Å². The molecule has 4 heteroatoms. The van der Waals surface area contributed by atoms with Crippen LogP contribution in [0.3, 0.4) is 0 Å². The molecule has 0 saturated carbocycles. The number of likely N-dealkylation sites (N-methyl/N-ethyl adjacent to an activating group) is 1. The van der Waals surface area contributed by atoms with Gasteiger partial charge in [-0.3, -0.25) is 4.99 Å². The first-order valence-corrected chi connectivity index (χ1v) is 7.42. The molecular weight excluding hydrogens is 218 g/mol. The highest BCUT2D eigenvalue weighted by Gasteiger charge is 2.21. The molecule has 0 bridgehead atoms. The van der Waals surface area contributed by atoms with Crippen LogP contribution in [0.4, 0.5) is 0 Å². The molecule has 2 aliphatic rings. The van der Waals surface area contributed by atoms with Crippen molar-refractivity contribution in [3.63, 3.8) is 0 Å². The van der Waals surface area contributed by atoms with Crippen molar-refractivity contribution >= 4 is 16.9 Å². The molecule has 0 radical (unpaired) electrons. The molecule has 0 amide bonds. The molecule has 0 aromatic heterocycles. The monoisotopic (exact) mass is 241 g/mol. The zero-order valence-corrected chi connectivity index (χ0v) is 11.2. The molecule has 0 spiro atoms. The van der Waals surface area contributed by atoms with Gasteiger partial charge in [0.1, 0.15) is 0 Å². The average molecular weight is 241 g/mol. The van der Waals surface area contributed by atoms with Crippen LogP contribution < -0.4 is 5.32 Å². The number of amidine groups is 1. The lowest BCUT2D eigenvalue weighted by Gasteiger charge is -2.31. The van der Waals surface area contributed by atoms with E-state index in [4.69, 9.17) is 4.99 Å². The number of hydrogen-bond acceptors (Lipinski definition) is 3. The summed E-state index contributed by atoms with van der Waals surface area (Å²) >= 11 is 1.89. The zero-order chi connectivity index (χ0) is 11.4. The molecule has 16 heavy (non-hydrogen) atoms. The minimum atomic E-state index is 0.646. The van der Waals surface area contributed by atoms with Crippen LogP contribution in [0.2, 0.25) is 0 Å². The van der Waals surface area contributed by atoms with Gasteiger partial charge in [-0.1, -0.05) is 25.1 Å². The zero-order valence-electron chi connectivity index (χ0n) is 10.4. The molecule has 3 nitrogen and oxygen atoms in total. The van der Waals surface area contributed by atoms with Crippen LogP contribution in [0.5, 0.6) is 0 Å². The summed E-state index contributed by atoms with van der Waals surface area (Å²) in [4.78, 5) is 7.19. The highest BCUT2D eigenvalue weighted by atomic mass is 32.2. The van der Waals surface area contributed by atoms with E-state index in [2.05, 4.69) is 24.2 Å². The molecule has 2 heterocycles. The Morgan fingerprint density at radius 1 is 1.50 bits per heavy atom. The maximum Gasteiger partial charge on any atom is 0.156 e. The summed E-state index contributed by atoms with van der Waals surface area (Å²) < 4.78 is 0. The van der Waals surface area contributed by atoms with E-state index in [0.29, 0.717) is 12.1 Å². The van der Waals surface area contributed by atoms with Crippen molar-refractivity contribution in [2.75, 3.05) is 25.9 Å². The van der Waals surface area contributed by atoms with Gasteiger partial charge >= 0.3 is 0 Å². The van der Waals surface area contributed by atoms with E-state index < -0.39 is 0 Å². The standard InChI is InChI=1S/C12H23N3S/c1-3-10-9-16-12(14-10)13-8-11-6-4-5-7-15(11)2/h10-11H,3-9H2,1-2H3,(H,13,14). The number of nitrogens with one attached hydrogen (secondary N) is 1. The van der Waals surface area contributed by atoms with Crippen molar-refractivity contribution in [1.82, 2.24) is 10.2 Å². The Bertz CT molecular complexity index is 255. The SMILES string of the molecule is CCC1CSC(=NCC2CCCCN2C)N1. The van der Waals surface area contributed by atoms with Gasteiger partial charge in [0, 0.05) is 17.8 Å². The molecule has 0 aromatic carbocycles. The summed E-state index contributed by atoms with van der Waals surface area (Å²) in [5, 5.41) is 4.66. The molecular formula is C12H23N3S. The molecule has 92 valence electrons. The first kappa shape index (κ1) is 12.2. The number of nitrogens with zero attached hydrogens (tertiary/aromatic N) is 2. The van der Waals surface area contributed by atoms with Crippen LogP contribution in [0, 0.1) is 0 Å². The third-order valence-electron chi connectivity index (χ3n) is 3.61. The fourth-order valence-corrected chi connectivity index (χ4v) is 3.41. The van der Waals surface area contributed by atoms with E-state index in [1.165, 1.54) is 43.1 Å². The lowest BCUT2D eigenvalue weighted by Crippen LogP contribution is -2.38. The Hall–Kier alpha value is -0.220. The summed E-state index contributed by atoms with van der Waals surface area (Å²) in [6.45, 7) is 4.45. The Morgan fingerprint density at radius 2 is 2.38 bits per heavy atom. The molecule has 2 fully saturated rings. The molecule has 2 aliphatic heterocycles. The van der Waals surface area contributed by atoms with Gasteiger partial charge in [0.25, 0.3) is 0 Å². The number of likely N-dealkylation sites (tertiary alicyclic amines) is 1. The highest BCUT2D eigenvalue weighted by Crippen LogP contribution is 2.18. The number of thioether (sulfide) groups is 1. The molecule has 2 saturated heterocycles. The Kier molecular flexibility index (Phi) is 4.53. The number of aliphatic imine (C=N–C) groups is 1. The number of rotatable bonds is 3. The Balaban J connectivity index is 1.79. The molecule has 2 unspecified atom stereocenters. The maximum absolute atomic E-state index is 4.72. The van der Waals surface area contributed by atoms with Gasteiger partial charge in [-0.2, -0.15) is 0 Å². The molecule has 1 N–H and O–H groups in total. The van der Waals surface area contributed by atoms with Crippen molar-refractivity contribution in [2.24, 2.45) is 4.99 Å². The van der Waals surface area contributed by atoms with Crippen molar-refractivity contribution < 1.29 is 0 Å². The van der Waals surface area contributed by atoms with E-state index in [0.717, 1.165) is 6.54 Å². The smallest absolute Gasteiger partial charge is 0.156 e. The summed E-state index contributed by atoms with van der Waals surface area (Å²) in [5.41, 5.74) is 0. The van der Waals surface area contributed by atoms with Crippen molar-refractivity contribution in [3.8, 4) is 0 Å². The van der Waals surface area contributed by atoms with Gasteiger partial charge < -0.3 is 10.2 Å². The minimum Gasteiger partial charge on any atom is -0.361 e. The van der Waals surface area contributed by atoms with Crippen LogP contribution >= 0.6 is 11.8 Å². The van der Waals surface area contributed by atoms with E-state index in [1.807, 2.05) is 11.8 Å². The topological polar surface area (TPSA) is 27.6 Å². The lowest BCUT2D eigenvalue weighted by atomic mass is 10.0. The van der Waals surface area contributed by atoms with Crippen LogP contribution in [0.1, 0.15) is 32.6 Å². The first-order chi connectivity index (χ1) is 7.79. The van der Waals surface area contributed by atoms with Gasteiger partial charge in [0.2, 0.25) is 0 Å². The fraction of sp³-hybridized carbons (Fsp3) is 0.917. The second-order valence-corrected chi connectivity index (χ2v) is 5.85. The lowest BCUT2D eigenvalue weighted by molar-refractivity contribution is 0.191. The summed E-state index contributed by atoms with van der Waals surface area (Å²) in [5.74, 6) is 1.19. The highest BCUT2D eigenvalue weighted by molar-refractivity contribution is 8.14. The van der Waals surface area contributed by atoms with E-state index in [-0.39, 0.29) is 0 Å². The second kappa shape index (κ2) is 5.92. The average Bonchev–Trinajstić information content (AvgIpc) is 2.76. The normalized spacial score (nSPS) is 34.2. The van der Waals surface area contributed by atoms with Crippen molar-refractivity contribution in [3.05, 3.63) is 0 Å². The minimum absolute atomic E-state index is 0.646. The van der Waals surface area contributed by atoms with Gasteiger partial charge in [-0.25, -0.2) is 0 Å². The van der Waals surface area contributed by atoms with Gasteiger partial charge in [-0.15, -0.1) is 0 Å². The molecule has 0 aliphatic carbocycles.